The molecule has 7 aliphatic rings. The molecule has 3 fully saturated rings. The SMILES string of the molecule is COc1cc2c(cc1OC)C1C(=O)c3c(O)cc4c(c3OC1CO2)C=CC(C)(C)O4.Cc1c(O)c(O)cc2c1CC=C1C2(C)CCC2(C)C3CC(C)(C(=O)O)CCC3(C)CCC12C. The average molecular weight is 863 g/mol. The van der Waals surface area contributed by atoms with E-state index in [0.29, 0.717) is 45.8 Å². The Morgan fingerprint density at radius 3 is 2.24 bits per heavy atom. The number of methoxy groups -OCH3 is 2. The van der Waals surface area contributed by atoms with E-state index in [4.69, 9.17) is 23.7 Å². The number of ether oxygens (including phenoxy) is 5. The van der Waals surface area contributed by atoms with Crippen molar-refractivity contribution in [1.82, 2.24) is 0 Å². The van der Waals surface area contributed by atoms with Crippen molar-refractivity contribution in [2.75, 3.05) is 20.8 Å². The molecule has 63 heavy (non-hydrogen) atoms. The second kappa shape index (κ2) is 14.1. The third-order valence-electron chi connectivity index (χ3n) is 17.3. The summed E-state index contributed by atoms with van der Waals surface area (Å²) in [6.45, 7) is 17.5. The number of carboxylic acid groups (broad SMARTS) is 1. The van der Waals surface area contributed by atoms with Crippen LogP contribution in [-0.4, -0.2) is 64.7 Å². The summed E-state index contributed by atoms with van der Waals surface area (Å²) in [5.41, 5.74) is 4.93. The lowest BCUT2D eigenvalue weighted by molar-refractivity contribution is -0.177. The monoisotopic (exact) mass is 862 g/mol. The van der Waals surface area contributed by atoms with Crippen molar-refractivity contribution in [3.8, 4) is 46.0 Å². The van der Waals surface area contributed by atoms with Crippen LogP contribution >= 0.6 is 0 Å². The number of carboxylic acids is 1. The topological polar surface area (TPSA) is 161 Å². The van der Waals surface area contributed by atoms with Crippen molar-refractivity contribution in [1.29, 1.82) is 0 Å². The quantitative estimate of drug-likeness (QED) is 0.147. The maximum absolute atomic E-state index is 13.6. The molecule has 0 radical (unpaired) electrons. The van der Waals surface area contributed by atoms with Crippen molar-refractivity contribution < 1.29 is 53.7 Å². The largest absolute Gasteiger partial charge is 0.507 e. The van der Waals surface area contributed by atoms with Gasteiger partial charge in [0, 0.05) is 23.1 Å². The number of carbonyl (C=O) groups excluding carboxylic acids is 1. The number of fused-ring (bicyclic) bond motifs is 13. The van der Waals surface area contributed by atoms with E-state index < -0.39 is 29.0 Å². The number of rotatable bonds is 3. The Bertz CT molecular complexity index is 2530. The van der Waals surface area contributed by atoms with Crippen LogP contribution in [0.5, 0.6) is 46.0 Å². The molecule has 0 aromatic heterocycles. The Kier molecular flexibility index (Phi) is 9.61. The van der Waals surface area contributed by atoms with Crippen LogP contribution in [-0.2, 0) is 16.6 Å². The van der Waals surface area contributed by atoms with Gasteiger partial charge in [0.2, 0.25) is 0 Å². The molecule has 10 rings (SSSR count). The van der Waals surface area contributed by atoms with Crippen molar-refractivity contribution in [3.05, 3.63) is 75.4 Å². The van der Waals surface area contributed by atoms with Gasteiger partial charge in [-0.1, -0.05) is 39.3 Å². The third kappa shape index (κ3) is 6.10. The van der Waals surface area contributed by atoms with Crippen LogP contribution in [0.25, 0.3) is 6.08 Å². The van der Waals surface area contributed by atoms with E-state index in [1.807, 2.05) is 45.9 Å². The van der Waals surface area contributed by atoms with E-state index in [-0.39, 0.29) is 56.9 Å². The number of phenols is 3. The Labute approximate surface area is 370 Å². The normalized spacial score (nSPS) is 33.7. The van der Waals surface area contributed by atoms with Gasteiger partial charge in [0.15, 0.2) is 28.8 Å². The molecule has 4 N–H and O–H groups in total. The van der Waals surface area contributed by atoms with Gasteiger partial charge in [-0.25, -0.2) is 0 Å². The predicted octanol–water partition coefficient (Wildman–Crippen LogP) is 10.4. The van der Waals surface area contributed by atoms with Gasteiger partial charge in [0.05, 0.1) is 31.1 Å². The zero-order valence-corrected chi connectivity index (χ0v) is 38.3. The lowest BCUT2D eigenvalue weighted by Gasteiger charge is -2.69. The fraction of sp³-hybridized carbons (Fsp3) is 0.538. The van der Waals surface area contributed by atoms with Crippen LogP contribution in [0, 0.1) is 34.5 Å². The molecule has 3 heterocycles. The Morgan fingerprint density at radius 2 is 1.54 bits per heavy atom. The number of allylic oxidation sites excluding steroid dienone is 2. The predicted molar refractivity (Wildman–Crippen MR) is 238 cm³/mol. The van der Waals surface area contributed by atoms with Crippen molar-refractivity contribution in [3.63, 3.8) is 0 Å². The van der Waals surface area contributed by atoms with Gasteiger partial charge >= 0.3 is 5.97 Å². The first kappa shape index (κ1) is 43.0. The first-order valence-corrected chi connectivity index (χ1v) is 22.4. The lowest BCUT2D eigenvalue weighted by atomic mass is 9.34. The van der Waals surface area contributed by atoms with E-state index in [1.165, 1.54) is 24.3 Å². The highest BCUT2D eigenvalue weighted by molar-refractivity contribution is 6.08. The van der Waals surface area contributed by atoms with Crippen molar-refractivity contribution >= 4 is 17.8 Å². The molecule has 0 bridgehead atoms. The minimum atomic E-state index is -0.641. The molecule has 3 aliphatic heterocycles. The van der Waals surface area contributed by atoms with E-state index in [9.17, 15) is 30.0 Å². The average Bonchev–Trinajstić information content (AvgIpc) is 3.23. The molecule has 3 aromatic carbocycles. The highest BCUT2D eigenvalue weighted by atomic mass is 16.5. The molecule has 0 spiro atoms. The van der Waals surface area contributed by atoms with Gasteiger partial charge in [-0.3, -0.25) is 9.59 Å². The van der Waals surface area contributed by atoms with Gasteiger partial charge in [-0.2, -0.15) is 0 Å². The van der Waals surface area contributed by atoms with E-state index in [1.54, 1.807) is 19.2 Å². The Hall–Kier alpha value is -5.32. The number of aliphatic carboxylic acids is 1. The van der Waals surface area contributed by atoms with Crippen LogP contribution in [0.3, 0.4) is 0 Å². The molecular weight excluding hydrogens is 801 g/mol. The van der Waals surface area contributed by atoms with Gasteiger partial charge in [-0.05, 0) is 142 Å². The summed E-state index contributed by atoms with van der Waals surface area (Å²) in [6, 6.07) is 6.73. The number of ketones is 1. The Balaban J connectivity index is 0.000000161. The first-order valence-electron chi connectivity index (χ1n) is 22.4. The van der Waals surface area contributed by atoms with Crippen molar-refractivity contribution in [2.24, 2.45) is 27.6 Å². The number of carbonyl (C=O) groups is 2. The molecule has 8 atom stereocenters. The molecule has 8 unspecified atom stereocenters. The van der Waals surface area contributed by atoms with E-state index in [0.717, 1.165) is 62.5 Å². The molecule has 336 valence electrons. The van der Waals surface area contributed by atoms with Crippen LogP contribution in [0.4, 0.5) is 0 Å². The summed E-state index contributed by atoms with van der Waals surface area (Å²) < 4.78 is 28.8. The Morgan fingerprint density at radius 1 is 0.841 bits per heavy atom. The van der Waals surface area contributed by atoms with Gasteiger partial charge in [0.1, 0.15) is 46.9 Å². The molecule has 3 aromatic rings. The number of phenolic OH excluding ortho intramolecular Hbond substituents is 3. The number of benzene rings is 3. The van der Waals surface area contributed by atoms with Crippen LogP contribution in [0.15, 0.2) is 42.0 Å². The minimum Gasteiger partial charge on any atom is -0.507 e. The summed E-state index contributed by atoms with van der Waals surface area (Å²) in [5.74, 6) is 1.06. The van der Waals surface area contributed by atoms with Crippen LogP contribution in [0.2, 0.25) is 0 Å². The standard InChI is InChI=1S/C29H40O4.C23H22O7/c1-17-18-7-8-21-27(4,19(18)15-20(30)23(17)31)12-14-29(6)22-16-26(3,24(32)33)10-9-25(22,2)11-13-28(21,29)5;1-23(2)6-5-11-15(30-23)8-13(24)20-21(25)19-12-7-16(26-3)17(27-4)9-14(12)28-10-18(19)29-22(11)20/h8,15,22,30-31H,7,9-14,16H2,1-6H3,(H,32,33);5-9,18-19,24H,10H2,1-4H3. The van der Waals surface area contributed by atoms with Gasteiger partial charge in [-0.15, -0.1) is 0 Å². The van der Waals surface area contributed by atoms with Crippen molar-refractivity contribution in [2.45, 2.75) is 130 Å². The third-order valence-corrected chi connectivity index (χ3v) is 17.3. The molecule has 4 aliphatic carbocycles. The van der Waals surface area contributed by atoms with Gasteiger partial charge < -0.3 is 44.1 Å². The second-order valence-electron chi connectivity index (χ2n) is 21.2. The molecular formula is C52H62O11. The molecule has 0 saturated heterocycles. The fourth-order valence-electron chi connectivity index (χ4n) is 13.2. The smallest absolute Gasteiger partial charge is 0.309 e. The zero-order valence-electron chi connectivity index (χ0n) is 38.3. The summed E-state index contributed by atoms with van der Waals surface area (Å²) in [7, 11) is 3.07. The number of aromatic hydroxyl groups is 3. The summed E-state index contributed by atoms with van der Waals surface area (Å²) in [6.07, 6.45) is 13.3. The number of hydrogen-bond donors (Lipinski definition) is 4. The number of hydrogen-bond acceptors (Lipinski definition) is 10. The lowest BCUT2D eigenvalue weighted by Crippen LogP contribution is -2.62. The van der Waals surface area contributed by atoms with E-state index in [2.05, 4.69) is 33.8 Å². The molecule has 11 nitrogen and oxygen atoms in total. The van der Waals surface area contributed by atoms with Crippen LogP contribution < -0.4 is 23.7 Å². The zero-order chi connectivity index (χ0) is 45.4. The fourth-order valence-corrected chi connectivity index (χ4v) is 13.2. The summed E-state index contributed by atoms with van der Waals surface area (Å²) >= 11 is 0. The molecule has 0 amide bonds. The second-order valence-corrected chi connectivity index (χ2v) is 21.2. The summed E-state index contributed by atoms with van der Waals surface area (Å²) in [4.78, 5) is 25.8. The summed E-state index contributed by atoms with van der Waals surface area (Å²) in [5, 5.41) is 41.6. The van der Waals surface area contributed by atoms with Gasteiger partial charge in [0.25, 0.3) is 0 Å². The maximum Gasteiger partial charge on any atom is 0.309 e. The number of Topliss-reactive ketones (excluding diaryl/α,β-unsaturated/α-hetero) is 1. The maximum atomic E-state index is 13.6. The molecule has 11 heteroatoms. The first-order chi connectivity index (χ1) is 29.5. The van der Waals surface area contributed by atoms with Crippen LogP contribution in [0.1, 0.15) is 138 Å². The highest BCUT2D eigenvalue weighted by Gasteiger charge is 2.67. The molecule has 3 saturated carbocycles. The highest BCUT2D eigenvalue weighted by Crippen LogP contribution is 2.75. The van der Waals surface area contributed by atoms with E-state index >= 15 is 0 Å². The minimum absolute atomic E-state index is 0.00431.